The van der Waals surface area contributed by atoms with Crippen LogP contribution < -0.4 is 10.2 Å². The maximum atomic E-state index is 12.9. The number of aliphatic hydroxyl groups excluding tert-OH is 1. The predicted molar refractivity (Wildman–Crippen MR) is 265 cm³/mol. The zero-order valence-electron chi connectivity index (χ0n) is 40.8. The van der Waals surface area contributed by atoms with Gasteiger partial charge in [0.05, 0.1) is 39.9 Å². The molecule has 360 valence electrons. The number of rotatable bonds is 45. The van der Waals surface area contributed by atoms with Crippen LogP contribution in [0.25, 0.3) is 0 Å². The van der Waals surface area contributed by atoms with Crippen molar-refractivity contribution in [1.82, 2.24) is 5.32 Å². The molecule has 0 bridgehead atoms. The van der Waals surface area contributed by atoms with E-state index < -0.39 is 20.0 Å². The summed E-state index contributed by atoms with van der Waals surface area (Å²) in [5, 5.41) is 13.7. The second-order valence-corrected chi connectivity index (χ2v) is 19.6. The summed E-state index contributed by atoms with van der Waals surface area (Å²) in [7, 11) is 1.25. The van der Waals surface area contributed by atoms with Gasteiger partial charge in [-0.1, -0.05) is 209 Å². The average Bonchev–Trinajstić information content (AvgIpc) is 3.23. The molecule has 0 aromatic rings. The Labute approximate surface area is 383 Å². The first-order chi connectivity index (χ1) is 30.0. The molecule has 0 aliphatic rings. The number of hydrogen-bond acceptors (Lipinski definition) is 6. The van der Waals surface area contributed by atoms with Crippen molar-refractivity contribution in [2.24, 2.45) is 0 Å². The van der Waals surface area contributed by atoms with Crippen molar-refractivity contribution in [3.63, 3.8) is 0 Å². The Balaban J connectivity index is 4.04. The molecule has 0 saturated heterocycles. The van der Waals surface area contributed by atoms with E-state index in [0.717, 1.165) is 70.6 Å². The molecule has 0 aliphatic heterocycles. The molecule has 1 amide bonds. The summed E-state index contributed by atoms with van der Waals surface area (Å²) in [5.74, 6) is -0.203. The zero-order chi connectivity index (χ0) is 45.7. The molecule has 0 aromatic carbocycles. The van der Waals surface area contributed by atoms with E-state index in [9.17, 15) is 19.4 Å². The first-order valence-electron chi connectivity index (χ1n) is 25.3. The monoisotopic (exact) mass is 889 g/mol. The van der Waals surface area contributed by atoms with Crippen molar-refractivity contribution >= 4 is 13.7 Å². The molecule has 0 heterocycles. The maximum Gasteiger partial charge on any atom is 0.268 e. The van der Waals surface area contributed by atoms with Crippen molar-refractivity contribution in [2.75, 3.05) is 40.9 Å². The minimum Gasteiger partial charge on any atom is -0.756 e. The number of nitrogens with zero attached hydrogens (tertiary/aromatic N) is 1. The third-order valence-electron chi connectivity index (χ3n) is 10.9. The Morgan fingerprint density at radius 1 is 0.581 bits per heavy atom. The molecule has 0 fully saturated rings. The minimum atomic E-state index is -4.59. The van der Waals surface area contributed by atoms with E-state index >= 15 is 0 Å². The fourth-order valence-corrected chi connectivity index (χ4v) is 7.67. The van der Waals surface area contributed by atoms with Crippen molar-refractivity contribution in [3.8, 4) is 0 Å². The van der Waals surface area contributed by atoms with Crippen LogP contribution in [0.1, 0.15) is 206 Å². The van der Waals surface area contributed by atoms with Crippen LogP contribution in [0, 0.1) is 0 Å². The summed E-state index contributed by atoms with van der Waals surface area (Å²) in [6.07, 6.45) is 59.8. The molecule has 0 aromatic heterocycles. The van der Waals surface area contributed by atoms with E-state index in [-0.39, 0.29) is 19.1 Å². The van der Waals surface area contributed by atoms with Gasteiger partial charge in [-0.15, -0.1) is 0 Å². The lowest BCUT2D eigenvalue weighted by atomic mass is 10.0. The van der Waals surface area contributed by atoms with E-state index in [0.29, 0.717) is 17.4 Å². The van der Waals surface area contributed by atoms with Gasteiger partial charge in [-0.2, -0.15) is 0 Å². The van der Waals surface area contributed by atoms with Gasteiger partial charge in [0, 0.05) is 6.42 Å². The molecule has 9 heteroatoms. The lowest BCUT2D eigenvalue weighted by Gasteiger charge is -2.29. The molecule has 8 nitrogen and oxygen atoms in total. The number of likely N-dealkylation sites (N-methyl/N-ethyl adjacent to an activating group) is 1. The first-order valence-corrected chi connectivity index (χ1v) is 26.8. The standard InChI is InChI=1S/C53H97N2O6P/c1-6-8-10-12-14-16-17-18-19-20-21-22-23-24-25-26-27-28-29-30-31-32-33-34-35-36-37-39-41-43-45-47-53(57)54-51(50-61-62(58,59)60-49-48-55(3,4)5)52(56)46-44-42-40-38-15-13-11-9-7-2/h8,10,14,16,18-19,21-22,24-25,44,46,51-52,56H,6-7,9,11-13,15,17,20,23,26-43,45,47-50H2,1-5H3,(H-,54,57,58,59)/b10-8-,16-14-,19-18-,22-21-,25-24-,46-44+. The molecule has 0 saturated carbocycles. The van der Waals surface area contributed by atoms with Gasteiger partial charge in [0.1, 0.15) is 13.2 Å². The number of phosphoric acid groups is 1. The number of hydrogen-bond donors (Lipinski definition) is 2. The number of aliphatic hydroxyl groups is 1. The molecule has 62 heavy (non-hydrogen) atoms. The van der Waals surface area contributed by atoms with Gasteiger partial charge in [0.2, 0.25) is 5.91 Å². The second kappa shape index (κ2) is 44.2. The molecule has 0 aliphatic carbocycles. The number of carbonyl (C=O) groups is 1. The van der Waals surface area contributed by atoms with Gasteiger partial charge in [0.25, 0.3) is 7.82 Å². The normalized spacial score (nSPS) is 14.8. The third kappa shape index (κ3) is 45.9. The van der Waals surface area contributed by atoms with Crippen molar-refractivity contribution in [1.29, 1.82) is 0 Å². The molecular weight excluding hydrogens is 792 g/mol. The Hall–Kier alpha value is -2.06. The van der Waals surface area contributed by atoms with Crippen LogP contribution >= 0.6 is 7.82 Å². The van der Waals surface area contributed by atoms with Crippen molar-refractivity contribution in [2.45, 2.75) is 219 Å². The molecule has 0 spiro atoms. The number of carbonyl (C=O) groups excluding carboxylic acids is 1. The van der Waals surface area contributed by atoms with Gasteiger partial charge in [-0.3, -0.25) is 9.36 Å². The fraction of sp³-hybridized carbons (Fsp3) is 0.755. The SMILES string of the molecule is CC/C=C\C/C=C\C/C=C\C/C=C\C/C=C\CCCCCCCCCCCCCCCCCC(=O)NC(COP(=O)([O-])OCC[N+](C)(C)C)C(O)/C=C/CCCCCCCCC. The summed E-state index contributed by atoms with van der Waals surface area (Å²) in [6.45, 7) is 4.49. The van der Waals surface area contributed by atoms with Crippen molar-refractivity contribution < 1.29 is 32.9 Å². The predicted octanol–water partition coefficient (Wildman–Crippen LogP) is 14.1. The Kier molecular flexibility index (Phi) is 42.7. The highest BCUT2D eigenvalue weighted by Gasteiger charge is 2.23. The highest BCUT2D eigenvalue weighted by Crippen LogP contribution is 2.38. The van der Waals surface area contributed by atoms with Crippen LogP contribution in [0.5, 0.6) is 0 Å². The van der Waals surface area contributed by atoms with E-state index in [4.69, 9.17) is 9.05 Å². The van der Waals surface area contributed by atoms with E-state index in [1.165, 1.54) is 116 Å². The Morgan fingerprint density at radius 2 is 0.984 bits per heavy atom. The average molecular weight is 889 g/mol. The van der Waals surface area contributed by atoms with Crippen molar-refractivity contribution in [3.05, 3.63) is 72.9 Å². The lowest BCUT2D eigenvalue weighted by Crippen LogP contribution is -2.45. The van der Waals surface area contributed by atoms with Gasteiger partial charge in [0.15, 0.2) is 0 Å². The van der Waals surface area contributed by atoms with Crippen LogP contribution in [0.2, 0.25) is 0 Å². The number of nitrogens with one attached hydrogen (secondary N) is 1. The molecule has 0 rings (SSSR count). The smallest absolute Gasteiger partial charge is 0.268 e. The minimum absolute atomic E-state index is 0.00310. The molecule has 2 N–H and O–H groups in total. The van der Waals surface area contributed by atoms with Gasteiger partial charge in [-0.25, -0.2) is 0 Å². The summed E-state index contributed by atoms with van der Waals surface area (Å²) in [6, 6.07) is -0.886. The summed E-state index contributed by atoms with van der Waals surface area (Å²) >= 11 is 0. The topological polar surface area (TPSA) is 108 Å². The Bertz CT molecular complexity index is 1240. The van der Waals surface area contributed by atoms with Gasteiger partial charge in [-0.05, 0) is 64.2 Å². The van der Waals surface area contributed by atoms with Crippen LogP contribution in [0.4, 0.5) is 0 Å². The number of quaternary nitrogens is 1. The number of amides is 1. The lowest BCUT2D eigenvalue weighted by molar-refractivity contribution is -0.870. The maximum absolute atomic E-state index is 12.9. The largest absolute Gasteiger partial charge is 0.756 e. The van der Waals surface area contributed by atoms with Crippen LogP contribution in [-0.4, -0.2) is 68.5 Å². The molecular formula is C53H97N2O6P. The highest BCUT2D eigenvalue weighted by atomic mass is 31.2. The quantitative estimate of drug-likeness (QED) is 0.0273. The summed E-state index contributed by atoms with van der Waals surface area (Å²) in [5.41, 5.74) is 0. The molecule has 3 unspecified atom stereocenters. The first kappa shape index (κ1) is 59.9. The van der Waals surface area contributed by atoms with E-state index in [1.807, 2.05) is 27.2 Å². The van der Waals surface area contributed by atoms with Crippen LogP contribution in [0.3, 0.4) is 0 Å². The summed E-state index contributed by atoms with van der Waals surface area (Å²) in [4.78, 5) is 25.3. The third-order valence-corrected chi connectivity index (χ3v) is 11.9. The van der Waals surface area contributed by atoms with Gasteiger partial charge >= 0.3 is 0 Å². The number of allylic oxidation sites excluding steroid dienone is 11. The molecule has 0 radical (unpaired) electrons. The zero-order valence-corrected chi connectivity index (χ0v) is 41.7. The van der Waals surface area contributed by atoms with Crippen LogP contribution in [0.15, 0.2) is 72.9 Å². The number of phosphoric ester groups is 1. The van der Waals surface area contributed by atoms with Gasteiger partial charge < -0.3 is 28.8 Å². The van der Waals surface area contributed by atoms with E-state index in [2.05, 4.69) is 79.9 Å². The summed E-state index contributed by atoms with van der Waals surface area (Å²) < 4.78 is 23.2. The van der Waals surface area contributed by atoms with Crippen LogP contribution in [-0.2, 0) is 18.4 Å². The fourth-order valence-electron chi connectivity index (χ4n) is 6.94. The Morgan fingerprint density at radius 3 is 1.44 bits per heavy atom. The van der Waals surface area contributed by atoms with E-state index in [1.54, 1.807) is 6.08 Å². The highest BCUT2D eigenvalue weighted by molar-refractivity contribution is 7.45. The second-order valence-electron chi connectivity index (χ2n) is 18.1. The number of unbranched alkanes of at least 4 members (excludes halogenated alkanes) is 22. The molecule has 3 atom stereocenters.